The Hall–Kier alpha value is -3.06. The van der Waals surface area contributed by atoms with Crippen molar-refractivity contribution in [1.29, 1.82) is 0 Å². The third kappa shape index (κ3) is 3.68. The van der Waals surface area contributed by atoms with Crippen molar-refractivity contribution < 1.29 is 33.4 Å². The standard InChI is InChI=1S/C35H40O7/c1-19-16-27(41-32(39)23(19)18-40-31(38)21-8-6-5-7-9-21)20(2)24-10-11-25-22-17-30-35(42-30)29(37)13-12-28(36)34(35,4)26(22)14-15-33(24,25)3/h5-9,12-13,20,22,24-27,30H,10-11,14-18H2,1-4H3/t20-,22-,24+,25-,26-,27+,30+,33+,34-,35+/m0/s1. The highest BCUT2D eigenvalue weighted by molar-refractivity contribution is 6.15. The summed E-state index contributed by atoms with van der Waals surface area (Å²) in [6, 6.07) is 8.76. The average molecular weight is 573 g/mol. The molecule has 2 aliphatic heterocycles. The molecule has 0 radical (unpaired) electrons. The molecule has 1 spiro atoms. The van der Waals surface area contributed by atoms with E-state index in [9.17, 15) is 19.2 Å². The number of hydrogen-bond acceptors (Lipinski definition) is 7. The number of fused-ring (bicyclic) bond motifs is 4. The Morgan fingerprint density at radius 1 is 1.02 bits per heavy atom. The lowest BCUT2D eigenvalue weighted by molar-refractivity contribution is -0.155. The summed E-state index contributed by atoms with van der Waals surface area (Å²) in [5, 5.41) is 0. The number of benzene rings is 1. The monoisotopic (exact) mass is 572 g/mol. The smallest absolute Gasteiger partial charge is 0.338 e. The van der Waals surface area contributed by atoms with Crippen LogP contribution in [0.5, 0.6) is 0 Å². The zero-order chi connectivity index (χ0) is 29.6. The van der Waals surface area contributed by atoms with Crippen LogP contribution in [0.4, 0.5) is 0 Å². The molecule has 4 aliphatic carbocycles. The van der Waals surface area contributed by atoms with Gasteiger partial charge >= 0.3 is 11.9 Å². The van der Waals surface area contributed by atoms with Crippen LogP contribution in [0.1, 0.15) is 76.6 Å². The van der Waals surface area contributed by atoms with Crippen LogP contribution in [-0.2, 0) is 28.6 Å². The van der Waals surface area contributed by atoms with Crippen LogP contribution in [0.3, 0.4) is 0 Å². The number of esters is 2. The molecule has 7 nitrogen and oxygen atoms in total. The number of cyclic esters (lactones) is 1. The first-order valence-corrected chi connectivity index (χ1v) is 15.6. The highest BCUT2D eigenvalue weighted by atomic mass is 16.6. The van der Waals surface area contributed by atoms with Crippen molar-refractivity contribution >= 4 is 23.5 Å². The first-order valence-electron chi connectivity index (χ1n) is 15.6. The van der Waals surface area contributed by atoms with Gasteiger partial charge in [-0.15, -0.1) is 0 Å². The van der Waals surface area contributed by atoms with Crippen molar-refractivity contribution in [2.45, 2.75) is 84.0 Å². The zero-order valence-corrected chi connectivity index (χ0v) is 24.9. The van der Waals surface area contributed by atoms with Crippen molar-refractivity contribution in [2.75, 3.05) is 6.61 Å². The summed E-state index contributed by atoms with van der Waals surface area (Å²) in [6.07, 6.45) is 8.06. The van der Waals surface area contributed by atoms with E-state index >= 15 is 0 Å². The van der Waals surface area contributed by atoms with Crippen LogP contribution < -0.4 is 0 Å². The van der Waals surface area contributed by atoms with E-state index in [0.29, 0.717) is 35.3 Å². The van der Waals surface area contributed by atoms with Crippen LogP contribution in [0.25, 0.3) is 0 Å². The molecule has 6 aliphatic rings. The van der Waals surface area contributed by atoms with E-state index in [2.05, 4.69) is 13.8 Å². The molecule has 1 aromatic carbocycles. The summed E-state index contributed by atoms with van der Waals surface area (Å²) < 4.78 is 17.7. The normalized spacial score (nSPS) is 42.6. The van der Waals surface area contributed by atoms with Crippen molar-refractivity contribution in [3.05, 3.63) is 59.2 Å². The summed E-state index contributed by atoms with van der Waals surface area (Å²) in [5.74, 6) is 0.648. The van der Waals surface area contributed by atoms with Gasteiger partial charge in [-0.1, -0.05) is 37.6 Å². The molecule has 222 valence electrons. The van der Waals surface area contributed by atoms with Crippen LogP contribution in [0.2, 0.25) is 0 Å². The minimum absolute atomic E-state index is 0.0314. The lowest BCUT2D eigenvalue weighted by Gasteiger charge is -2.57. The molecule has 3 saturated carbocycles. The molecule has 2 heterocycles. The molecule has 0 unspecified atom stereocenters. The summed E-state index contributed by atoms with van der Waals surface area (Å²) in [5.41, 5.74) is 0.155. The van der Waals surface area contributed by atoms with Gasteiger partial charge in [0.05, 0.1) is 22.7 Å². The number of carbonyl (C=O) groups excluding carboxylic acids is 4. The zero-order valence-electron chi connectivity index (χ0n) is 24.9. The van der Waals surface area contributed by atoms with Gasteiger partial charge in [-0.25, -0.2) is 9.59 Å². The number of allylic oxidation sites excluding steroid dienone is 1. The SMILES string of the molecule is CC1=C(COC(=O)c2ccccc2)C(=O)O[C@@H]([C@@H](C)[C@H]2CC[C@H]3[C@@H]4C[C@H]5O[C@]56C(=O)C=CC(=O)[C@]6(C)[C@H]4CC[C@]23C)C1. The number of rotatable bonds is 5. The molecule has 1 saturated heterocycles. The third-order valence-electron chi connectivity index (χ3n) is 12.6. The lowest BCUT2D eigenvalue weighted by atomic mass is 9.44. The van der Waals surface area contributed by atoms with Gasteiger partial charge in [0.2, 0.25) is 0 Å². The van der Waals surface area contributed by atoms with Gasteiger partial charge in [0.1, 0.15) is 12.7 Å². The molecule has 42 heavy (non-hydrogen) atoms. The lowest BCUT2D eigenvalue weighted by Crippen LogP contribution is -2.62. The molecule has 1 aromatic rings. The Morgan fingerprint density at radius 2 is 1.76 bits per heavy atom. The van der Waals surface area contributed by atoms with E-state index in [1.54, 1.807) is 24.3 Å². The van der Waals surface area contributed by atoms with Crippen LogP contribution in [0, 0.1) is 40.4 Å². The Balaban J connectivity index is 1.06. The Labute approximate surface area is 247 Å². The van der Waals surface area contributed by atoms with Crippen LogP contribution in [0.15, 0.2) is 53.6 Å². The number of ether oxygens (including phenoxy) is 3. The second kappa shape index (κ2) is 9.47. The molecule has 7 rings (SSSR count). The summed E-state index contributed by atoms with van der Waals surface area (Å²) >= 11 is 0. The van der Waals surface area contributed by atoms with E-state index in [1.807, 2.05) is 19.9 Å². The maximum Gasteiger partial charge on any atom is 0.338 e. The molecular formula is C35H40O7. The van der Waals surface area contributed by atoms with Crippen molar-refractivity contribution in [3.8, 4) is 0 Å². The van der Waals surface area contributed by atoms with E-state index in [1.165, 1.54) is 12.2 Å². The molecular weight excluding hydrogens is 532 g/mol. The highest BCUT2D eigenvalue weighted by Crippen LogP contribution is 2.72. The summed E-state index contributed by atoms with van der Waals surface area (Å²) in [4.78, 5) is 52.0. The molecule has 0 N–H and O–H groups in total. The average Bonchev–Trinajstić information content (AvgIpc) is 3.61. The predicted octanol–water partition coefficient (Wildman–Crippen LogP) is 5.43. The van der Waals surface area contributed by atoms with Crippen LogP contribution in [-0.4, -0.2) is 47.9 Å². The van der Waals surface area contributed by atoms with Gasteiger partial charge in [0.25, 0.3) is 0 Å². The van der Waals surface area contributed by atoms with Gasteiger partial charge in [-0.2, -0.15) is 0 Å². The van der Waals surface area contributed by atoms with Gasteiger partial charge in [-0.05, 0) is 105 Å². The molecule has 0 amide bonds. The molecule has 7 heteroatoms. The number of epoxide rings is 1. The maximum absolute atomic E-state index is 13.4. The largest absolute Gasteiger partial charge is 0.458 e. The van der Waals surface area contributed by atoms with Crippen LogP contribution >= 0.6 is 0 Å². The summed E-state index contributed by atoms with van der Waals surface area (Å²) in [6.45, 7) is 8.48. The summed E-state index contributed by atoms with van der Waals surface area (Å²) in [7, 11) is 0. The third-order valence-corrected chi connectivity index (χ3v) is 12.6. The number of ketones is 2. The minimum atomic E-state index is -0.938. The molecule has 4 fully saturated rings. The second-order valence-electron chi connectivity index (χ2n) is 14.2. The van der Waals surface area contributed by atoms with Crippen molar-refractivity contribution in [3.63, 3.8) is 0 Å². The van der Waals surface area contributed by atoms with Gasteiger partial charge in [-0.3, -0.25) is 9.59 Å². The Bertz CT molecular complexity index is 1430. The Morgan fingerprint density at radius 3 is 2.50 bits per heavy atom. The fraction of sp³-hybridized carbons (Fsp3) is 0.600. The topological polar surface area (TPSA) is 99.3 Å². The van der Waals surface area contributed by atoms with Gasteiger partial charge < -0.3 is 14.2 Å². The van der Waals surface area contributed by atoms with Gasteiger partial charge in [0, 0.05) is 6.42 Å². The molecule has 0 aromatic heterocycles. The molecule has 10 atom stereocenters. The fourth-order valence-corrected chi connectivity index (χ4v) is 10.3. The second-order valence-corrected chi connectivity index (χ2v) is 14.2. The van der Waals surface area contributed by atoms with Crippen molar-refractivity contribution in [1.82, 2.24) is 0 Å². The Kier molecular flexibility index (Phi) is 6.26. The van der Waals surface area contributed by atoms with E-state index in [-0.39, 0.29) is 47.6 Å². The van der Waals surface area contributed by atoms with E-state index in [4.69, 9.17) is 14.2 Å². The quantitative estimate of drug-likeness (QED) is 0.343. The first kappa shape index (κ1) is 27.8. The minimum Gasteiger partial charge on any atom is -0.458 e. The number of hydrogen-bond donors (Lipinski definition) is 0. The highest BCUT2D eigenvalue weighted by Gasteiger charge is 2.80. The van der Waals surface area contributed by atoms with E-state index < -0.39 is 23.0 Å². The maximum atomic E-state index is 13.4. The number of carbonyl (C=O) groups is 4. The van der Waals surface area contributed by atoms with E-state index in [0.717, 1.165) is 37.7 Å². The fourth-order valence-electron chi connectivity index (χ4n) is 10.3. The first-order chi connectivity index (χ1) is 20.0. The predicted molar refractivity (Wildman–Crippen MR) is 153 cm³/mol. The molecule has 0 bridgehead atoms. The van der Waals surface area contributed by atoms with Crippen molar-refractivity contribution in [2.24, 2.45) is 40.4 Å². The van der Waals surface area contributed by atoms with Gasteiger partial charge in [0.15, 0.2) is 17.2 Å².